The number of halogens is 2. The fourth-order valence-electron chi connectivity index (χ4n) is 1.51. The van der Waals surface area contributed by atoms with E-state index in [1.807, 2.05) is 22.6 Å². The first-order chi connectivity index (χ1) is 9.51. The number of methoxy groups -OCH3 is 1. The van der Waals surface area contributed by atoms with Crippen molar-refractivity contribution in [1.82, 2.24) is 4.98 Å². The molecule has 0 unspecified atom stereocenters. The Morgan fingerprint density at radius 3 is 2.80 bits per heavy atom. The maximum atomic E-state index is 13.0. The van der Waals surface area contributed by atoms with Gasteiger partial charge in [-0.05, 0) is 52.9 Å². The van der Waals surface area contributed by atoms with Gasteiger partial charge in [0.15, 0.2) is 11.5 Å². The van der Waals surface area contributed by atoms with Crippen molar-refractivity contribution >= 4 is 45.8 Å². The van der Waals surface area contributed by atoms with Crippen LogP contribution in [0.15, 0.2) is 30.3 Å². The highest BCUT2D eigenvalue weighted by molar-refractivity contribution is 14.1. The molecule has 104 valence electrons. The number of hydrogen-bond donors (Lipinski definition) is 2. The van der Waals surface area contributed by atoms with Gasteiger partial charge in [0.2, 0.25) is 0 Å². The van der Waals surface area contributed by atoms with Gasteiger partial charge in [0, 0.05) is 3.57 Å². The molecule has 3 N–H and O–H groups in total. The Morgan fingerprint density at radius 2 is 2.15 bits per heavy atom. The van der Waals surface area contributed by atoms with Gasteiger partial charge in [-0.25, -0.2) is 14.2 Å². The van der Waals surface area contributed by atoms with Crippen molar-refractivity contribution in [2.24, 2.45) is 0 Å². The number of nitrogens with zero attached hydrogens (tertiary/aromatic N) is 1. The number of benzene rings is 1. The molecule has 0 radical (unpaired) electrons. The van der Waals surface area contributed by atoms with Gasteiger partial charge < -0.3 is 15.8 Å². The van der Waals surface area contributed by atoms with Crippen LogP contribution in [0.2, 0.25) is 0 Å². The van der Waals surface area contributed by atoms with Gasteiger partial charge in [-0.15, -0.1) is 0 Å². The SMILES string of the molecule is COC(=O)c1ccc(N)c(Nc2ccc(F)cc2I)n1. The lowest BCUT2D eigenvalue weighted by Crippen LogP contribution is -2.08. The zero-order valence-corrected chi connectivity index (χ0v) is 12.6. The first-order valence-electron chi connectivity index (χ1n) is 5.58. The third-order valence-electron chi connectivity index (χ3n) is 2.51. The summed E-state index contributed by atoms with van der Waals surface area (Å²) in [5.41, 5.74) is 6.96. The average Bonchev–Trinajstić information content (AvgIpc) is 2.43. The second kappa shape index (κ2) is 6.04. The third-order valence-corrected chi connectivity index (χ3v) is 3.40. The molecule has 0 saturated heterocycles. The minimum absolute atomic E-state index is 0.140. The van der Waals surface area contributed by atoms with Gasteiger partial charge in [0.25, 0.3) is 0 Å². The van der Waals surface area contributed by atoms with E-state index in [2.05, 4.69) is 15.0 Å². The van der Waals surface area contributed by atoms with Gasteiger partial charge in [-0.1, -0.05) is 0 Å². The van der Waals surface area contributed by atoms with E-state index in [-0.39, 0.29) is 11.5 Å². The van der Waals surface area contributed by atoms with E-state index in [0.717, 1.165) is 0 Å². The molecule has 0 atom stereocenters. The molecule has 0 saturated carbocycles. The number of ether oxygens (including phenoxy) is 1. The van der Waals surface area contributed by atoms with Gasteiger partial charge in [0.1, 0.15) is 5.82 Å². The number of carbonyl (C=O) groups excluding carboxylic acids is 1. The van der Waals surface area contributed by atoms with Gasteiger partial charge in [-0.2, -0.15) is 0 Å². The lowest BCUT2D eigenvalue weighted by molar-refractivity contribution is 0.0594. The molecule has 0 amide bonds. The Labute approximate surface area is 128 Å². The van der Waals surface area contributed by atoms with Crippen molar-refractivity contribution < 1.29 is 13.9 Å². The Morgan fingerprint density at radius 1 is 1.40 bits per heavy atom. The summed E-state index contributed by atoms with van der Waals surface area (Å²) >= 11 is 1.99. The molecule has 2 aromatic rings. The maximum absolute atomic E-state index is 13.0. The molecule has 2 rings (SSSR count). The zero-order chi connectivity index (χ0) is 14.7. The quantitative estimate of drug-likeness (QED) is 0.626. The average molecular weight is 387 g/mol. The number of carbonyl (C=O) groups is 1. The Hall–Kier alpha value is -1.90. The molecule has 0 bridgehead atoms. The number of nitrogens with one attached hydrogen (secondary N) is 1. The molecule has 1 aromatic carbocycles. The summed E-state index contributed by atoms with van der Waals surface area (Å²) < 4.78 is 18.3. The van der Waals surface area contributed by atoms with Crippen molar-refractivity contribution in [2.45, 2.75) is 0 Å². The van der Waals surface area contributed by atoms with E-state index in [1.165, 1.54) is 25.3 Å². The fraction of sp³-hybridized carbons (Fsp3) is 0.0769. The molecular weight excluding hydrogens is 376 g/mol. The van der Waals surface area contributed by atoms with E-state index in [1.54, 1.807) is 12.1 Å². The van der Waals surface area contributed by atoms with Crippen LogP contribution in [0, 0.1) is 9.39 Å². The minimum atomic E-state index is -0.554. The molecule has 7 heteroatoms. The van der Waals surface area contributed by atoms with Crippen LogP contribution in [0.3, 0.4) is 0 Å². The van der Waals surface area contributed by atoms with Crippen molar-refractivity contribution in [3.05, 3.63) is 45.4 Å². The van der Waals surface area contributed by atoms with Crippen LogP contribution in [0.25, 0.3) is 0 Å². The molecule has 0 aliphatic carbocycles. The predicted octanol–water partition coefficient (Wildman–Crippen LogP) is 2.94. The molecule has 1 heterocycles. The van der Waals surface area contributed by atoms with E-state index in [0.29, 0.717) is 20.8 Å². The Bertz CT molecular complexity index is 664. The highest BCUT2D eigenvalue weighted by atomic mass is 127. The molecule has 0 fully saturated rings. The molecule has 0 aliphatic heterocycles. The normalized spacial score (nSPS) is 10.2. The summed E-state index contributed by atoms with van der Waals surface area (Å²) in [6.07, 6.45) is 0. The second-order valence-corrected chi connectivity index (χ2v) is 5.04. The standard InChI is InChI=1S/C13H11FIN3O2/c1-20-13(19)11-5-3-9(16)12(18-11)17-10-4-2-7(14)6-8(10)15/h2-6H,16H2,1H3,(H,17,18). The van der Waals surface area contributed by atoms with Crippen molar-refractivity contribution in [3.63, 3.8) is 0 Å². The van der Waals surface area contributed by atoms with Crippen molar-refractivity contribution in [1.29, 1.82) is 0 Å². The topological polar surface area (TPSA) is 77.2 Å². The van der Waals surface area contributed by atoms with Crippen LogP contribution in [0.1, 0.15) is 10.5 Å². The number of hydrogen-bond acceptors (Lipinski definition) is 5. The van der Waals surface area contributed by atoms with E-state index >= 15 is 0 Å². The van der Waals surface area contributed by atoms with Crippen molar-refractivity contribution in [3.8, 4) is 0 Å². The number of nitrogens with two attached hydrogens (primary N) is 1. The highest BCUT2D eigenvalue weighted by Gasteiger charge is 2.11. The predicted molar refractivity (Wildman–Crippen MR) is 82.4 cm³/mol. The number of pyridine rings is 1. The first-order valence-corrected chi connectivity index (χ1v) is 6.66. The summed E-state index contributed by atoms with van der Waals surface area (Å²) in [5, 5.41) is 2.97. The summed E-state index contributed by atoms with van der Waals surface area (Å²) in [6, 6.07) is 7.30. The molecular formula is C13H11FIN3O2. The van der Waals surface area contributed by atoms with Crippen LogP contribution < -0.4 is 11.1 Å². The third kappa shape index (κ3) is 3.16. The van der Waals surface area contributed by atoms with Crippen LogP contribution >= 0.6 is 22.6 Å². The number of nitrogen functional groups attached to an aromatic ring is 1. The van der Waals surface area contributed by atoms with Crippen LogP contribution in [0.4, 0.5) is 21.6 Å². The lowest BCUT2D eigenvalue weighted by atomic mass is 10.3. The minimum Gasteiger partial charge on any atom is -0.464 e. The van der Waals surface area contributed by atoms with E-state index in [9.17, 15) is 9.18 Å². The van der Waals surface area contributed by atoms with E-state index < -0.39 is 5.97 Å². The van der Waals surface area contributed by atoms with Gasteiger partial charge >= 0.3 is 5.97 Å². The van der Waals surface area contributed by atoms with Crippen LogP contribution in [-0.4, -0.2) is 18.1 Å². The summed E-state index contributed by atoms with van der Waals surface area (Å²) in [4.78, 5) is 15.5. The zero-order valence-electron chi connectivity index (χ0n) is 10.5. The second-order valence-electron chi connectivity index (χ2n) is 3.88. The molecule has 0 spiro atoms. The number of esters is 1. The summed E-state index contributed by atoms with van der Waals surface area (Å²) in [5.74, 6) is -0.566. The van der Waals surface area contributed by atoms with Gasteiger partial charge in [-0.3, -0.25) is 0 Å². The molecule has 20 heavy (non-hydrogen) atoms. The number of aromatic nitrogens is 1. The van der Waals surface area contributed by atoms with E-state index in [4.69, 9.17) is 5.73 Å². The largest absolute Gasteiger partial charge is 0.464 e. The fourth-order valence-corrected chi connectivity index (χ4v) is 2.12. The first kappa shape index (κ1) is 14.5. The Kier molecular flexibility index (Phi) is 4.38. The molecule has 5 nitrogen and oxygen atoms in total. The number of anilines is 3. The molecule has 1 aromatic heterocycles. The number of rotatable bonds is 3. The lowest BCUT2D eigenvalue weighted by Gasteiger charge is -2.11. The Balaban J connectivity index is 2.35. The summed E-state index contributed by atoms with van der Waals surface area (Å²) in [7, 11) is 1.27. The van der Waals surface area contributed by atoms with Gasteiger partial charge in [0.05, 0.1) is 18.5 Å². The maximum Gasteiger partial charge on any atom is 0.356 e. The van der Waals surface area contributed by atoms with Crippen LogP contribution in [-0.2, 0) is 4.74 Å². The summed E-state index contributed by atoms with van der Waals surface area (Å²) in [6.45, 7) is 0. The van der Waals surface area contributed by atoms with Crippen LogP contribution in [0.5, 0.6) is 0 Å². The smallest absolute Gasteiger partial charge is 0.356 e. The molecule has 0 aliphatic rings. The highest BCUT2D eigenvalue weighted by Crippen LogP contribution is 2.25. The van der Waals surface area contributed by atoms with Crippen molar-refractivity contribution in [2.75, 3.05) is 18.2 Å². The monoisotopic (exact) mass is 387 g/mol.